The van der Waals surface area contributed by atoms with Crippen LogP contribution in [0.2, 0.25) is 0 Å². The van der Waals surface area contributed by atoms with Gasteiger partial charge in [-0.25, -0.2) is 4.79 Å². The summed E-state index contributed by atoms with van der Waals surface area (Å²) in [5.41, 5.74) is 4.87. The average molecular weight is 186 g/mol. The molecular formula is C8H14N2O3. The summed E-state index contributed by atoms with van der Waals surface area (Å²) in [7, 11) is 1.47. The zero-order chi connectivity index (χ0) is 10.2. The number of nitrogens with zero attached hydrogens (tertiary/aromatic N) is 1. The lowest BCUT2D eigenvalue weighted by molar-refractivity contribution is -0.149. The average Bonchev–Trinajstić information content (AvgIpc) is 2.80. The number of aliphatic carboxylic acids is 1. The van der Waals surface area contributed by atoms with E-state index in [4.69, 9.17) is 10.8 Å². The highest BCUT2D eigenvalue weighted by molar-refractivity contribution is 5.91. The predicted molar refractivity (Wildman–Crippen MR) is 46.0 cm³/mol. The third-order valence-electron chi connectivity index (χ3n) is 2.47. The second-order valence-corrected chi connectivity index (χ2v) is 3.59. The molecule has 1 unspecified atom stereocenters. The Labute approximate surface area is 76.5 Å². The molecule has 13 heavy (non-hydrogen) atoms. The number of hydrogen-bond acceptors (Lipinski definition) is 3. The number of amides is 1. The first-order valence-electron chi connectivity index (χ1n) is 4.17. The summed E-state index contributed by atoms with van der Waals surface area (Å²) >= 11 is 0. The van der Waals surface area contributed by atoms with Crippen LogP contribution in [0.4, 0.5) is 0 Å². The fourth-order valence-electron chi connectivity index (χ4n) is 1.04. The quantitative estimate of drug-likeness (QED) is 0.617. The molecule has 0 bridgehead atoms. The molecule has 0 aromatic carbocycles. The van der Waals surface area contributed by atoms with E-state index < -0.39 is 17.6 Å². The van der Waals surface area contributed by atoms with Gasteiger partial charge >= 0.3 is 5.97 Å². The molecule has 3 N–H and O–H groups in total. The van der Waals surface area contributed by atoms with Gasteiger partial charge in [-0.15, -0.1) is 0 Å². The van der Waals surface area contributed by atoms with Crippen molar-refractivity contribution in [1.82, 2.24) is 4.90 Å². The summed E-state index contributed by atoms with van der Waals surface area (Å²) in [5, 5.41) is 8.65. The SMILES string of the molecule is CC(C(=O)O)N(C)C(=O)C1(N)CC1. The van der Waals surface area contributed by atoms with Crippen LogP contribution in [0, 0.1) is 0 Å². The van der Waals surface area contributed by atoms with Gasteiger partial charge in [-0.3, -0.25) is 4.79 Å². The van der Waals surface area contributed by atoms with Crippen molar-refractivity contribution in [3.63, 3.8) is 0 Å². The predicted octanol–water partition coefficient (Wildman–Crippen LogP) is -0.591. The summed E-state index contributed by atoms with van der Waals surface area (Å²) < 4.78 is 0. The molecule has 1 rings (SSSR count). The van der Waals surface area contributed by atoms with Crippen molar-refractivity contribution in [3.8, 4) is 0 Å². The van der Waals surface area contributed by atoms with Gasteiger partial charge in [-0.05, 0) is 19.8 Å². The summed E-state index contributed by atoms with van der Waals surface area (Å²) in [6.45, 7) is 1.46. The van der Waals surface area contributed by atoms with Crippen LogP contribution in [0.25, 0.3) is 0 Å². The molecule has 0 spiro atoms. The third kappa shape index (κ3) is 1.80. The van der Waals surface area contributed by atoms with E-state index >= 15 is 0 Å². The van der Waals surface area contributed by atoms with Gasteiger partial charge in [0.05, 0.1) is 5.54 Å². The molecule has 5 heteroatoms. The zero-order valence-corrected chi connectivity index (χ0v) is 7.78. The number of rotatable bonds is 3. The van der Waals surface area contributed by atoms with Gasteiger partial charge in [0.15, 0.2) is 0 Å². The number of nitrogens with two attached hydrogens (primary N) is 1. The molecule has 1 amide bonds. The molecule has 1 atom stereocenters. The Bertz CT molecular complexity index is 248. The Hall–Kier alpha value is -1.10. The van der Waals surface area contributed by atoms with Crippen LogP contribution in [0.15, 0.2) is 0 Å². The van der Waals surface area contributed by atoms with E-state index in [0.29, 0.717) is 12.8 Å². The van der Waals surface area contributed by atoms with Crippen LogP contribution in [-0.2, 0) is 9.59 Å². The van der Waals surface area contributed by atoms with E-state index in [1.807, 2.05) is 0 Å². The van der Waals surface area contributed by atoms with Gasteiger partial charge in [-0.2, -0.15) is 0 Å². The first-order valence-corrected chi connectivity index (χ1v) is 4.17. The Morgan fingerprint density at radius 3 is 2.31 bits per heavy atom. The van der Waals surface area contributed by atoms with Crippen molar-refractivity contribution in [3.05, 3.63) is 0 Å². The fraction of sp³-hybridized carbons (Fsp3) is 0.750. The van der Waals surface area contributed by atoms with Crippen molar-refractivity contribution < 1.29 is 14.7 Å². The van der Waals surface area contributed by atoms with Gasteiger partial charge in [-0.1, -0.05) is 0 Å². The van der Waals surface area contributed by atoms with Crippen molar-refractivity contribution in [2.75, 3.05) is 7.05 Å². The van der Waals surface area contributed by atoms with Gasteiger partial charge < -0.3 is 15.7 Å². The Balaban J connectivity index is 2.62. The molecule has 0 saturated heterocycles. The van der Waals surface area contributed by atoms with Crippen LogP contribution in [0.1, 0.15) is 19.8 Å². The minimum absolute atomic E-state index is 0.276. The van der Waals surface area contributed by atoms with E-state index in [-0.39, 0.29) is 5.91 Å². The molecule has 0 heterocycles. The van der Waals surface area contributed by atoms with E-state index in [1.54, 1.807) is 0 Å². The van der Waals surface area contributed by atoms with Gasteiger partial charge in [0, 0.05) is 7.05 Å². The van der Waals surface area contributed by atoms with Crippen molar-refractivity contribution in [2.45, 2.75) is 31.3 Å². The molecule has 0 aromatic heterocycles. The summed E-state index contributed by atoms with van der Waals surface area (Å²) in [6.07, 6.45) is 1.31. The molecule has 5 nitrogen and oxygen atoms in total. The number of hydrogen-bond donors (Lipinski definition) is 2. The molecule has 1 fully saturated rings. The number of likely N-dealkylation sites (N-methyl/N-ethyl adjacent to an activating group) is 1. The Kier molecular flexibility index (Phi) is 2.30. The maximum absolute atomic E-state index is 11.5. The van der Waals surface area contributed by atoms with E-state index in [1.165, 1.54) is 18.9 Å². The second-order valence-electron chi connectivity index (χ2n) is 3.59. The zero-order valence-electron chi connectivity index (χ0n) is 7.78. The molecule has 1 saturated carbocycles. The summed E-state index contributed by atoms with van der Waals surface area (Å²) in [6, 6.07) is -0.812. The van der Waals surface area contributed by atoms with Crippen molar-refractivity contribution in [1.29, 1.82) is 0 Å². The number of carbonyl (C=O) groups excluding carboxylic acids is 1. The molecular weight excluding hydrogens is 172 g/mol. The fourth-order valence-corrected chi connectivity index (χ4v) is 1.04. The molecule has 0 aliphatic heterocycles. The topological polar surface area (TPSA) is 83.6 Å². The maximum atomic E-state index is 11.5. The Morgan fingerprint density at radius 1 is 1.54 bits per heavy atom. The van der Waals surface area contributed by atoms with Crippen LogP contribution in [-0.4, -0.2) is 40.5 Å². The van der Waals surface area contributed by atoms with Gasteiger partial charge in [0.1, 0.15) is 6.04 Å². The molecule has 0 aromatic rings. The van der Waals surface area contributed by atoms with Crippen molar-refractivity contribution in [2.24, 2.45) is 5.73 Å². The van der Waals surface area contributed by atoms with Crippen molar-refractivity contribution >= 4 is 11.9 Å². The van der Waals surface area contributed by atoms with Crippen LogP contribution in [0.3, 0.4) is 0 Å². The molecule has 74 valence electrons. The highest BCUT2D eigenvalue weighted by Crippen LogP contribution is 2.34. The largest absolute Gasteiger partial charge is 0.480 e. The number of carboxylic acids is 1. The first kappa shape index (κ1) is 9.98. The van der Waals surface area contributed by atoms with E-state index in [9.17, 15) is 9.59 Å². The Morgan fingerprint density at radius 2 is 2.00 bits per heavy atom. The monoisotopic (exact) mass is 186 g/mol. The van der Waals surface area contributed by atoms with E-state index in [2.05, 4.69) is 0 Å². The van der Waals surface area contributed by atoms with Gasteiger partial charge in [0.2, 0.25) is 5.91 Å². The molecule has 0 radical (unpaired) electrons. The highest BCUT2D eigenvalue weighted by Gasteiger charge is 2.48. The lowest BCUT2D eigenvalue weighted by Gasteiger charge is -2.24. The summed E-state index contributed by atoms with van der Waals surface area (Å²) in [5.74, 6) is -1.29. The lowest BCUT2D eigenvalue weighted by Crippen LogP contribution is -2.49. The van der Waals surface area contributed by atoms with E-state index in [0.717, 1.165) is 0 Å². The van der Waals surface area contributed by atoms with Crippen LogP contribution in [0.5, 0.6) is 0 Å². The number of carboxylic acid groups (broad SMARTS) is 1. The highest BCUT2D eigenvalue weighted by atomic mass is 16.4. The second kappa shape index (κ2) is 2.99. The van der Waals surface area contributed by atoms with Crippen LogP contribution >= 0.6 is 0 Å². The molecule has 1 aliphatic carbocycles. The minimum Gasteiger partial charge on any atom is -0.480 e. The smallest absolute Gasteiger partial charge is 0.326 e. The standard InChI is InChI=1S/C8H14N2O3/c1-5(6(11)12)10(2)7(13)8(9)3-4-8/h5H,3-4,9H2,1-2H3,(H,11,12). The van der Waals surface area contributed by atoms with Crippen LogP contribution < -0.4 is 5.73 Å². The minimum atomic E-state index is -1.01. The molecule has 1 aliphatic rings. The number of carbonyl (C=O) groups is 2. The first-order chi connectivity index (χ1) is 5.88. The normalized spacial score (nSPS) is 20.5. The summed E-state index contributed by atoms with van der Waals surface area (Å²) in [4.78, 5) is 23.3. The lowest BCUT2D eigenvalue weighted by atomic mass is 10.2. The van der Waals surface area contributed by atoms with Gasteiger partial charge in [0.25, 0.3) is 0 Å². The maximum Gasteiger partial charge on any atom is 0.326 e. The third-order valence-corrected chi connectivity index (χ3v) is 2.47.